The average Bonchev–Trinajstić information content (AvgIpc) is 2.92. The van der Waals surface area contributed by atoms with Crippen molar-refractivity contribution in [2.45, 2.75) is 84.3 Å². The zero-order valence-electron chi connectivity index (χ0n) is 24.5. The molecule has 12 nitrogen and oxygen atoms in total. The molecule has 226 valence electrons. The highest BCUT2D eigenvalue weighted by Gasteiger charge is 2.39. The van der Waals surface area contributed by atoms with Crippen molar-refractivity contribution in [2.24, 2.45) is 27.8 Å². The highest BCUT2D eigenvalue weighted by atomic mass is 16.2. The number of benzene rings is 1. The predicted octanol–water partition coefficient (Wildman–Crippen LogP) is 0.289. The maximum Gasteiger partial charge on any atom is 0.243 e. The third-order valence-electron chi connectivity index (χ3n) is 7.26. The Morgan fingerprint density at radius 1 is 0.976 bits per heavy atom. The Morgan fingerprint density at radius 3 is 2.22 bits per heavy atom. The third-order valence-corrected chi connectivity index (χ3v) is 7.26. The number of carbonyl (C=O) groups excluding carboxylic acids is 5. The maximum atomic E-state index is 13.7. The Balaban J connectivity index is 2.42. The molecule has 2 rings (SSSR count). The highest BCUT2D eigenvalue weighted by molar-refractivity contribution is 5.96. The number of Topliss-reactive ketones (excluding diaryl/α,β-unsaturated/α-hetero) is 1. The molecule has 8 N–H and O–H groups in total. The van der Waals surface area contributed by atoms with Crippen LogP contribution in [0.1, 0.15) is 65.4 Å². The first kappa shape index (κ1) is 33.2. The van der Waals surface area contributed by atoms with Crippen LogP contribution < -0.4 is 32.7 Å². The number of amides is 4. The van der Waals surface area contributed by atoms with Crippen LogP contribution in [0.15, 0.2) is 35.3 Å². The molecule has 0 radical (unpaired) electrons. The minimum absolute atomic E-state index is 0.0591. The molecular formula is C29H45N7O5. The van der Waals surface area contributed by atoms with Crippen LogP contribution in [0, 0.1) is 11.3 Å². The molecule has 0 bridgehead atoms. The van der Waals surface area contributed by atoms with Crippen molar-refractivity contribution < 1.29 is 24.0 Å². The van der Waals surface area contributed by atoms with Gasteiger partial charge in [-0.05, 0) is 31.2 Å². The Hall–Kier alpha value is -3.96. The van der Waals surface area contributed by atoms with E-state index in [1.54, 1.807) is 27.7 Å². The molecule has 0 aliphatic carbocycles. The van der Waals surface area contributed by atoms with Crippen LogP contribution in [-0.4, -0.2) is 66.6 Å². The molecule has 0 spiro atoms. The van der Waals surface area contributed by atoms with Crippen LogP contribution in [0.2, 0.25) is 0 Å². The summed E-state index contributed by atoms with van der Waals surface area (Å²) in [6.45, 7) is 7.25. The fourth-order valence-electron chi connectivity index (χ4n) is 4.52. The van der Waals surface area contributed by atoms with Gasteiger partial charge in [0.2, 0.25) is 23.6 Å². The van der Waals surface area contributed by atoms with Gasteiger partial charge in [-0.15, -0.1) is 0 Å². The van der Waals surface area contributed by atoms with Crippen LogP contribution in [0.3, 0.4) is 0 Å². The van der Waals surface area contributed by atoms with E-state index in [1.807, 2.05) is 30.3 Å². The van der Waals surface area contributed by atoms with Crippen molar-refractivity contribution in [3.8, 4) is 0 Å². The Labute approximate surface area is 241 Å². The van der Waals surface area contributed by atoms with Crippen LogP contribution in [0.25, 0.3) is 0 Å². The van der Waals surface area contributed by atoms with Gasteiger partial charge in [-0.2, -0.15) is 0 Å². The summed E-state index contributed by atoms with van der Waals surface area (Å²) >= 11 is 0. The van der Waals surface area contributed by atoms with E-state index < -0.39 is 47.2 Å². The highest BCUT2D eigenvalue weighted by Crippen LogP contribution is 2.28. The molecule has 12 heteroatoms. The number of rotatable bonds is 10. The van der Waals surface area contributed by atoms with Crippen molar-refractivity contribution in [3.05, 3.63) is 35.9 Å². The van der Waals surface area contributed by atoms with Gasteiger partial charge in [0.05, 0.1) is 5.41 Å². The normalized spacial score (nSPS) is 24.4. The van der Waals surface area contributed by atoms with E-state index in [2.05, 4.69) is 26.3 Å². The van der Waals surface area contributed by atoms with Gasteiger partial charge in [0, 0.05) is 31.8 Å². The minimum Gasteiger partial charge on any atom is -0.370 e. The first-order valence-corrected chi connectivity index (χ1v) is 14.2. The summed E-state index contributed by atoms with van der Waals surface area (Å²) in [6, 6.07) is 6.41. The van der Waals surface area contributed by atoms with E-state index in [0.29, 0.717) is 6.42 Å². The Morgan fingerprint density at radius 2 is 1.61 bits per heavy atom. The van der Waals surface area contributed by atoms with Gasteiger partial charge in [-0.1, -0.05) is 58.0 Å². The number of carbonyl (C=O) groups is 5. The monoisotopic (exact) mass is 571 g/mol. The number of nitrogens with one attached hydrogen (secondary N) is 4. The van der Waals surface area contributed by atoms with Crippen molar-refractivity contribution in [2.75, 3.05) is 13.1 Å². The Bertz CT molecular complexity index is 1100. The zero-order chi connectivity index (χ0) is 30.6. The van der Waals surface area contributed by atoms with E-state index in [1.165, 1.54) is 0 Å². The second-order valence-corrected chi connectivity index (χ2v) is 11.1. The summed E-state index contributed by atoms with van der Waals surface area (Å²) in [4.78, 5) is 70.3. The smallest absolute Gasteiger partial charge is 0.243 e. The quantitative estimate of drug-likeness (QED) is 0.132. The van der Waals surface area contributed by atoms with Crippen LogP contribution in [-0.2, 0) is 30.4 Å². The number of hydrogen-bond acceptors (Lipinski definition) is 6. The minimum atomic E-state index is -1.19. The van der Waals surface area contributed by atoms with E-state index in [0.717, 1.165) is 5.56 Å². The molecule has 41 heavy (non-hydrogen) atoms. The SMILES string of the molecule is CC[C@@H]1NC(=O)[C@H](CCCN=C(N)N)NC(=O)[C@](C)(CC(=O)C(C)C)CCNC(=O)[C@@H](Cc2ccccc2)NC1=O. The van der Waals surface area contributed by atoms with Crippen LogP contribution >= 0.6 is 0 Å². The molecule has 1 fully saturated rings. The van der Waals surface area contributed by atoms with Gasteiger partial charge in [0.15, 0.2) is 5.96 Å². The first-order valence-electron chi connectivity index (χ1n) is 14.2. The van der Waals surface area contributed by atoms with Gasteiger partial charge in [-0.3, -0.25) is 29.0 Å². The Kier molecular flexibility index (Phi) is 12.8. The van der Waals surface area contributed by atoms with Gasteiger partial charge >= 0.3 is 0 Å². The molecule has 0 unspecified atom stereocenters. The number of nitrogens with zero attached hydrogens (tertiary/aromatic N) is 1. The molecule has 1 saturated heterocycles. The standard InChI is InChI=1S/C29H45N7O5/c1-5-20-25(39)35-22(16-19-10-7-6-8-11-19)24(38)32-15-13-29(4,17-23(37)18(2)3)27(41)36-21(26(40)34-20)12-9-14-33-28(30)31/h6-8,10-11,18,20-22H,5,9,12-17H2,1-4H3,(H,32,38)(H,34,40)(H,35,39)(H,36,41)(H4,30,31,33)/t20-,21-,22+,29-/m0/s1. The lowest BCUT2D eigenvalue weighted by molar-refractivity contribution is -0.139. The van der Waals surface area contributed by atoms with E-state index >= 15 is 0 Å². The number of aliphatic imine (C=N–C) groups is 1. The molecule has 1 aromatic rings. The number of guanidine groups is 1. The fourth-order valence-corrected chi connectivity index (χ4v) is 4.52. The molecule has 1 heterocycles. The topological polar surface area (TPSA) is 198 Å². The van der Waals surface area contributed by atoms with Gasteiger partial charge in [-0.25, -0.2) is 0 Å². The van der Waals surface area contributed by atoms with E-state index in [4.69, 9.17) is 11.5 Å². The van der Waals surface area contributed by atoms with Crippen molar-refractivity contribution in [1.82, 2.24) is 21.3 Å². The molecular weight excluding hydrogens is 526 g/mol. The number of ketones is 1. The second-order valence-electron chi connectivity index (χ2n) is 11.1. The van der Waals surface area contributed by atoms with E-state index in [-0.39, 0.29) is 62.9 Å². The van der Waals surface area contributed by atoms with Crippen LogP contribution in [0.5, 0.6) is 0 Å². The molecule has 4 atom stereocenters. The molecule has 0 saturated carbocycles. The summed E-state index contributed by atoms with van der Waals surface area (Å²) in [5.41, 5.74) is 10.5. The number of nitrogens with two attached hydrogens (primary N) is 2. The molecule has 1 aliphatic rings. The summed E-state index contributed by atoms with van der Waals surface area (Å²) in [7, 11) is 0. The van der Waals surface area contributed by atoms with Gasteiger partial charge < -0.3 is 32.7 Å². The second kappa shape index (κ2) is 15.7. The lowest BCUT2D eigenvalue weighted by Gasteiger charge is -2.32. The molecule has 1 aliphatic heterocycles. The average molecular weight is 572 g/mol. The summed E-state index contributed by atoms with van der Waals surface area (Å²) in [5, 5.41) is 11.2. The maximum absolute atomic E-state index is 13.7. The van der Waals surface area contributed by atoms with Crippen molar-refractivity contribution in [3.63, 3.8) is 0 Å². The molecule has 4 amide bonds. The van der Waals surface area contributed by atoms with Gasteiger partial charge in [0.25, 0.3) is 0 Å². The van der Waals surface area contributed by atoms with Crippen LogP contribution in [0.4, 0.5) is 0 Å². The number of hydrogen-bond donors (Lipinski definition) is 6. The third kappa shape index (κ3) is 10.5. The lowest BCUT2D eigenvalue weighted by atomic mass is 9.78. The molecule has 0 aromatic heterocycles. The summed E-state index contributed by atoms with van der Waals surface area (Å²) < 4.78 is 0. The van der Waals surface area contributed by atoms with E-state index in [9.17, 15) is 24.0 Å². The summed E-state index contributed by atoms with van der Waals surface area (Å²) in [6.07, 6.45) is 1.17. The fraction of sp³-hybridized carbons (Fsp3) is 0.586. The first-order chi connectivity index (χ1) is 19.4. The van der Waals surface area contributed by atoms with Gasteiger partial charge in [0.1, 0.15) is 23.9 Å². The zero-order valence-corrected chi connectivity index (χ0v) is 24.5. The van der Waals surface area contributed by atoms with Crippen molar-refractivity contribution in [1.29, 1.82) is 0 Å². The van der Waals surface area contributed by atoms with Crippen molar-refractivity contribution >= 4 is 35.4 Å². The lowest BCUT2D eigenvalue weighted by Crippen LogP contribution is -2.59. The molecule has 1 aromatic carbocycles. The predicted molar refractivity (Wildman–Crippen MR) is 156 cm³/mol. The largest absolute Gasteiger partial charge is 0.370 e. The summed E-state index contributed by atoms with van der Waals surface area (Å²) in [5.74, 6) is -2.45.